The summed E-state index contributed by atoms with van der Waals surface area (Å²) in [6, 6.07) is 24.5. The molecule has 4 aromatic rings. The van der Waals surface area contributed by atoms with E-state index in [0.717, 1.165) is 21.7 Å². The third-order valence-electron chi connectivity index (χ3n) is 4.22. The minimum Gasteiger partial charge on any atom is -0.507 e. The molecule has 0 unspecified atom stereocenters. The van der Waals surface area contributed by atoms with Crippen LogP contribution in [0.25, 0.3) is 10.8 Å². The van der Waals surface area contributed by atoms with Crippen molar-refractivity contribution in [2.45, 2.75) is 9.79 Å². The molecule has 4 nitrogen and oxygen atoms in total. The minimum absolute atomic E-state index is 0.155. The molecule has 28 heavy (non-hydrogen) atoms. The second-order valence-corrected chi connectivity index (χ2v) is 7.27. The predicted octanol–water partition coefficient (Wildman–Crippen LogP) is 7.28. The molecule has 0 amide bonds. The second-order valence-electron chi connectivity index (χ2n) is 6.23. The van der Waals surface area contributed by atoms with Crippen molar-refractivity contribution < 1.29 is 5.11 Å². The molecule has 0 saturated heterocycles. The molecule has 0 radical (unpaired) electrons. The highest BCUT2D eigenvalue weighted by Gasteiger charge is 2.12. The average molecular weight is 404 g/mol. The van der Waals surface area contributed by atoms with Gasteiger partial charge in [0.1, 0.15) is 11.4 Å². The molecule has 0 heterocycles. The van der Waals surface area contributed by atoms with E-state index in [9.17, 15) is 5.11 Å². The van der Waals surface area contributed by atoms with E-state index < -0.39 is 0 Å². The van der Waals surface area contributed by atoms with Crippen LogP contribution in [0.4, 0.5) is 22.7 Å². The first-order valence-corrected chi connectivity index (χ1v) is 9.51. The van der Waals surface area contributed by atoms with Gasteiger partial charge in [-0.1, -0.05) is 24.3 Å². The molecule has 0 aliphatic carbocycles. The van der Waals surface area contributed by atoms with Crippen molar-refractivity contribution in [1.82, 2.24) is 0 Å². The van der Waals surface area contributed by atoms with Crippen molar-refractivity contribution in [2.24, 2.45) is 10.2 Å². The number of phenolic OH excluding ortho intramolecular Hbond substituents is 1. The normalized spacial score (nSPS) is 11.2. The van der Waals surface area contributed by atoms with Gasteiger partial charge in [-0.2, -0.15) is 5.11 Å². The number of azo groups is 1. The van der Waals surface area contributed by atoms with Gasteiger partial charge in [-0.15, -0.1) is 30.4 Å². The molecule has 0 atom stereocenters. The number of fused-ring (bicyclic) bond motifs is 1. The van der Waals surface area contributed by atoms with Crippen molar-refractivity contribution in [1.29, 1.82) is 0 Å². The van der Waals surface area contributed by atoms with Gasteiger partial charge in [0.15, 0.2) is 0 Å². The topological polar surface area (TPSA) is 57.0 Å². The molecule has 0 aromatic heterocycles. The highest BCUT2D eigenvalue weighted by Crippen LogP contribution is 2.41. The molecule has 0 aliphatic heterocycles. The molecule has 0 saturated carbocycles. The molecule has 0 aliphatic rings. The summed E-state index contributed by atoms with van der Waals surface area (Å²) in [5, 5.41) is 24.0. The number of phenols is 1. The lowest BCUT2D eigenvalue weighted by Crippen LogP contribution is -1.91. The summed E-state index contributed by atoms with van der Waals surface area (Å²) in [6.07, 6.45) is 0. The van der Waals surface area contributed by atoms with Gasteiger partial charge < -0.3 is 10.4 Å². The van der Waals surface area contributed by atoms with Crippen LogP contribution in [0.3, 0.4) is 0 Å². The lowest BCUT2D eigenvalue weighted by Gasteiger charge is -2.13. The Bertz CT molecular complexity index is 1180. The van der Waals surface area contributed by atoms with Crippen LogP contribution < -0.4 is 5.32 Å². The predicted molar refractivity (Wildman–Crippen MR) is 120 cm³/mol. The van der Waals surface area contributed by atoms with Crippen LogP contribution in [0.2, 0.25) is 0 Å². The third-order valence-corrected chi connectivity index (χ3v) is 4.75. The fourth-order valence-corrected chi connectivity index (χ4v) is 3.40. The number of hydrogen-bond donors (Lipinski definition) is 4. The molecular formula is C22H17N3OS2. The summed E-state index contributed by atoms with van der Waals surface area (Å²) in [5.41, 5.74) is 3.03. The number of nitrogens with one attached hydrogen (secondary N) is 1. The van der Waals surface area contributed by atoms with Crippen molar-refractivity contribution in [3.63, 3.8) is 0 Å². The Hall–Kier alpha value is -2.96. The van der Waals surface area contributed by atoms with Gasteiger partial charge >= 0.3 is 0 Å². The Kier molecular flexibility index (Phi) is 5.23. The first-order valence-electron chi connectivity index (χ1n) is 8.62. The summed E-state index contributed by atoms with van der Waals surface area (Å²) < 4.78 is 0. The fraction of sp³-hybridized carbons (Fsp3) is 0. The first-order chi connectivity index (χ1) is 13.6. The Morgan fingerprint density at radius 2 is 1.54 bits per heavy atom. The Morgan fingerprint density at radius 3 is 2.32 bits per heavy atom. The number of nitrogens with zero attached hydrogens (tertiary/aromatic N) is 2. The van der Waals surface area contributed by atoms with Crippen molar-refractivity contribution in [2.75, 3.05) is 5.32 Å². The summed E-state index contributed by atoms with van der Waals surface area (Å²) in [4.78, 5) is 1.46. The molecule has 2 N–H and O–H groups in total. The molecular weight excluding hydrogens is 386 g/mol. The zero-order valence-electron chi connectivity index (χ0n) is 14.7. The summed E-state index contributed by atoms with van der Waals surface area (Å²) in [6.45, 7) is 0. The van der Waals surface area contributed by atoms with Gasteiger partial charge in [-0.05, 0) is 54.6 Å². The lowest BCUT2D eigenvalue weighted by molar-refractivity contribution is 0.480. The Labute approximate surface area is 173 Å². The van der Waals surface area contributed by atoms with Gasteiger partial charge in [-0.25, -0.2) is 0 Å². The molecule has 0 fully saturated rings. The van der Waals surface area contributed by atoms with Gasteiger partial charge in [-0.3, -0.25) is 0 Å². The number of thiol groups is 2. The van der Waals surface area contributed by atoms with Gasteiger partial charge in [0.2, 0.25) is 0 Å². The maximum atomic E-state index is 10.3. The summed E-state index contributed by atoms with van der Waals surface area (Å²) in [5.74, 6) is 0.155. The summed E-state index contributed by atoms with van der Waals surface area (Å²) in [7, 11) is 0. The van der Waals surface area contributed by atoms with Gasteiger partial charge in [0, 0.05) is 26.3 Å². The minimum atomic E-state index is 0.155. The third kappa shape index (κ3) is 3.98. The van der Waals surface area contributed by atoms with Gasteiger partial charge in [0.05, 0.1) is 11.4 Å². The highest BCUT2D eigenvalue weighted by atomic mass is 32.1. The van der Waals surface area contributed by atoms with Crippen LogP contribution in [0.5, 0.6) is 5.75 Å². The fourth-order valence-electron chi connectivity index (χ4n) is 2.93. The lowest BCUT2D eigenvalue weighted by atomic mass is 10.1. The van der Waals surface area contributed by atoms with Crippen LogP contribution in [0.15, 0.2) is 98.9 Å². The van der Waals surface area contributed by atoms with Crippen molar-refractivity contribution in [3.05, 3.63) is 78.9 Å². The van der Waals surface area contributed by atoms with Crippen molar-refractivity contribution in [3.8, 4) is 5.75 Å². The summed E-state index contributed by atoms with van der Waals surface area (Å²) >= 11 is 8.75. The number of hydrogen-bond acceptors (Lipinski definition) is 6. The monoisotopic (exact) mass is 403 g/mol. The van der Waals surface area contributed by atoms with Gasteiger partial charge in [0.25, 0.3) is 0 Å². The zero-order valence-corrected chi connectivity index (χ0v) is 16.5. The molecule has 4 aromatic carbocycles. The largest absolute Gasteiger partial charge is 0.507 e. The number of para-hydroxylation sites is 1. The number of benzene rings is 4. The second kappa shape index (κ2) is 7.96. The van der Waals surface area contributed by atoms with Crippen LogP contribution in [0, 0.1) is 0 Å². The van der Waals surface area contributed by atoms with Crippen molar-refractivity contribution >= 4 is 58.8 Å². The highest BCUT2D eigenvalue weighted by molar-refractivity contribution is 7.80. The van der Waals surface area contributed by atoms with E-state index in [2.05, 4.69) is 40.8 Å². The molecule has 4 rings (SSSR count). The number of anilines is 2. The average Bonchev–Trinajstić information content (AvgIpc) is 2.68. The van der Waals surface area contributed by atoms with Crippen LogP contribution in [0.1, 0.15) is 0 Å². The maximum absolute atomic E-state index is 10.3. The number of rotatable bonds is 4. The quantitative estimate of drug-likeness (QED) is 0.214. The maximum Gasteiger partial charge on any atom is 0.124 e. The number of aromatic hydroxyl groups is 1. The smallest absolute Gasteiger partial charge is 0.124 e. The van der Waals surface area contributed by atoms with Crippen LogP contribution in [-0.4, -0.2) is 5.11 Å². The molecule has 6 heteroatoms. The van der Waals surface area contributed by atoms with E-state index in [1.165, 1.54) is 0 Å². The Balaban J connectivity index is 1.87. The Morgan fingerprint density at radius 1 is 0.714 bits per heavy atom. The first kappa shape index (κ1) is 18.4. The van der Waals surface area contributed by atoms with E-state index in [1.54, 1.807) is 6.07 Å². The molecule has 138 valence electrons. The standard InChI is InChI=1S/C22H17N3OS2/c26-21-13-17(28)12-19-18(21)9-10-20(23-14-5-2-1-3-6-14)22(19)25-24-15-7-4-8-16(27)11-15/h1-13,23,26-28H. The molecule has 0 bridgehead atoms. The van der Waals surface area contributed by atoms with E-state index >= 15 is 0 Å². The van der Waals surface area contributed by atoms with E-state index in [-0.39, 0.29) is 5.75 Å². The zero-order chi connectivity index (χ0) is 19.5. The van der Waals surface area contributed by atoms with E-state index in [0.29, 0.717) is 21.7 Å². The van der Waals surface area contributed by atoms with E-state index in [4.69, 9.17) is 0 Å². The van der Waals surface area contributed by atoms with Crippen LogP contribution >= 0.6 is 25.3 Å². The van der Waals surface area contributed by atoms with E-state index in [1.807, 2.05) is 72.8 Å². The SMILES string of the molecule is Oc1cc(S)cc2c(N=Nc3cccc(S)c3)c(Nc3ccccc3)ccc12. The van der Waals surface area contributed by atoms with Crippen LogP contribution in [-0.2, 0) is 0 Å². The molecule has 0 spiro atoms.